The fraction of sp³-hybridized carbons (Fsp3) is 0.458. The first-order valence-corrected chi connectivity index (χ1v) is 10.3. The lowest BCUT2D eigenvalue weighted by Crippen LogP contribution is -2.39. The van der Waals surface area contributed by atoms with E-state index in [0.717, 1.165) is 31.6 Å². The molecule has 4 nitrogen and oxygen atoms in total. The van der Waals surface area contributed by atoms with Crippen LogP contribution in [0.5, 0.6) is 0 Å². The Morgan fingerprint density at radius 2 is 1.79 bits per heavy atom. The average molecular weight is 398 g/mol. The first-order chi connectivity index (χ1) is 13.6. The van der Waals surface area contributed by atoms with Gasteiger partial charge in [0.1, 0.15) is 5.82 Å². The van der Waals surface area contributed by atoms with Crippen molar-refractivity contribution in [2.24, 2.45) is 17.1 Å². The number of nitrogen functional groups attached to an aromatic ring is 1. The molecule has 0 bridgehead atoms. The highest BCUT2D eigenvalue weighted by Crippen LogP contribution is 2.32. The van der Waals surface area contributed by atoms with Crippen molar-refractivity contribution in [3.8, 4) is 11.1 Å². The first-order valence-electron chi connectivity index (χ1n) is 10.3. The number of hydrogen-bond donors (Lipinski definition) is 2. The quantitative estimate of drug-likeness (QED) is 0.731. The number of likely N-dealkylation sites (tertiary alicyclic amines) is 1. The number of anilines is 1. The second-order valence-corrected chi connectivity index (χ2v) is 9.46. The van der Waals surface area contributed by atoms with Crippen molar-refractivity contribution < 1.29 is 9.18 Å². The van der Waals surface area contributed by atoms with Crippen LogP contribution >= 0.6 is 0 Å². The van der Waals surface area contributed by atoms with Gasteiger partial charge in [0, 0.05) is 23.4 Å². The van der Waals surface area contributed by atoms with Crippen molar-refractivity contribution in [1.29, 1.82) is 0 Å². The number of rotatable bonds is 5. The Morgan fingerprint density at radius 1 is 1.10 bits per heavy atom. The molecule has 0 unspecified atom stereocenters. The van der Waals surface area contributed by atoms with E-state index in [1.54, 1.807) is 12.1 Å². The Kier molecular flexibility index (Phi) is 6.27. The van der Waals surface area contributed by atoms with E-state index in [9.17, 15) is 9.18 Å². The van der Waals surface area contributed by atoms with Crippen molar-refractivity contribution in [3.63, 3.8) is 0 Å². The fourth-order valence-corrected chi connectivity index (χ4v) is 4.29. The standard InChI is InChI=1S/C24H32FN3O/c1-24(2,3)15-28-10-8-16(9-11-28)12-17-4-6-20(23(27)29)21(13-17)19-7-5-18(25)14-22(19)26/h4-7,13-14,16H,8-12,15,26H2,1-3H3,(H2,27,29). The van der Waals surface area contributed by atoms with E-state index in [1.165, 1.54) is 25.0 Å². The van der Waals surface area contributed by atoms with Gasteiger partial charge < -0.3 is 16.4 Å². The van der Waals surface area contributed by atoms with Gasteiger partial charge in [-0.15, -0.1) is 0 Å². The molecular formula is C24H32FN3O. The monoisotopic (exact) mass is 397 g/mol. The number of nitrogens with zero attached hydrogens (tertiary/aromatic N) is 1. The number of carbonyl (C=O) groups is 1. The summed E-state index contributed by atoms with van der Waals surface area (Å²) in [6, 6.07) is 9.98. The summed E-state index contributed by atoms with van der Waals surface area (Å²) in [6.07, 6.45) is 3.29. The lowest BCUT2D eigenvalue weighted by Gasteiger charge is -2.36. The molecule has 1 heterocycles. The van der Waals surface area contributed by atoms with E-state index in [4.69, 9.17) is 11.5 Å². The predicted molar refractivity (Wildman–Crippen MR) is 117 cm³/mol. The van der Waals surface area contributed by atoms with Crippen LogP contribution in [-0.4, -0.2) is 30.4 Å². The van der Waals surface area contributed by atoms with Crippen molar-refractivity contribution in [2.75, 3.05) is 25.4 Å². The predicted octanol–water partition coefficient (Wildman–Crippen LogP) is 4.47. The molecule has 0 aromatic heterocycles. The molecule has 0 radical (unpaired) electrons. The number of halogens is 1. The van der Waals surface area contributed by atoms with Crippen molar-refractivity contribution in [3.05, 3.63) is 53.3 Å². The van der Waals surface area contributed by atoms with Crippen molar-refractivity contribution in [1.82, 2.24) is 4.90 Å². The molecule has 1 aliphatic heterocycles. The van der Waals surface area contributed by atoms with Crippen LogP contribution in [0.4, 0.5) is 10.1 Å². The summed E-state index contributed by atoms with van der Waals surface area (Å²) in [5.41, 5.74) is 15.1. The summed E-state index contributed by atoms with van der Waals surface area (Å²) in [4.78, 5) is 14.5. The zero-order valence-corrected chi connectivity index (χ0v) is 17.7. The minimum Gasteiger partial charge on any atom is -0.398 e. The summed E-state index contributed by atoms with van der Waals surface area (Å²) >= 11 is 0. The van der Waals surface area contributed by atoms with Crippen LogP contribution in [0.15, 0.2) is 36.4 Å². The molecule has 0 atom stereocenters. The van der Waals surface area contributed by atoms with E-state index in [0.29, 0.717) is 33.7 Å². The third-order valence-corrected chi connectivity index (χ3v) is 5.58. The van der Waals surface area contributed by atoms with Crippen LogP contribution in [0.2, 0.25) is 0 Å². The maximum atomic E-state index is 13.5. The third-order valence-electron chi connectivity index (χ3n) is 5.58. The Balaban J connectivity index is 1.77. The fourth-order valence-electron chi connectivity index (χ4n) is 4.29. The zero-order valence-electron chi connectivity index (χ0n) is 17.7. The Labute approximate surface area is 173 Å². The summed E-state index contributed by atoms with van der Waals surface area (Å²) < 4.78 is 13.5. The lowest BCUT2D eigenvalue weighted by atomic mass is 9.86. The van der Waals surface area contributed by atoms with Crippen LogP contribution in [0.1, 0.15) is 49.5 Å². The normalized spacial score (nSPS) is 16.1. The van der Waals surface area contributed by atoms with Crippen LogP contribution in [0.25, 0.3) is 11.1 Å². The molecule has 1 fully saturated rings. The van der Waals surface area contributed by atoms with Gasteiger partial charge >= 0.3 is 0 Å². The third kappa shape index (κ3) is 5.57. The maximum absolute atomic E-state index is 13.5. The second kappa shape index (κ2) is 8.54. The number of primary amides is 1. The summed E-state index contributed by atoms with van der Waals surface area (Å²) in [7, 11) is 0. The van der Waals surface area contributed by atoms with Gasteiger partial charge in [-0.1, -0.05) is 32.9 Å². The Morgan fingerprint density at radius 3 is 2.38 bits per heavy atom. The van der Waals surface area contributed by atoms with Gasteiger partial charge in [0.15, 0.2) is 0 Å². The number of carbonyl (C=O) groups excluding carboxylic acids is 1. The van der Waals surface area contributed by atoms with Gasteiger partial charge in [0.2, 0.25) is 5.91 Å². The van der Waals surface area contributed by atoms with Crippen molar-refractivity contribution >= 4 is 11.6 Å². The summed E-state index contributed by atoms with van der Waals surface area (Å²) in [5.74, 6) is -0.292. The highest BCUT2D eigenvalue weighted by molar-refractivity contribution is 6.01. The van der Waals surface area contributed by atoms with E-state index in [2.05, 4.69) is 25.7 Å². The number of amides is 1. The summed E-state index contributed by atoms with van der Waals surface area (Å²) in [5, 5.41) is 0. The number of piperidine rings is 1. The number of benzene rings is 2. The Bertz CT molecular complexity index is 880. The lowest BCUT2D eigenvalue weighted by molar-refractivity contribution is 0.100. The SMILES string of the molecule is CC(C)(C)CN1CCC(Cc2ccc(C(N)=O)c(-c3ccc(F)cc3N)c2)CC1. The Hall–Kier alpha value is -2.40. The van der Waals surface area contributed by atoms with Crippen LogP contribution < -0.4 is 11.5 Å². The molecule has 3 rings (SSSR count). The molecule has 0 saturated carbocycles. The zero-order chi connectivity index (χ0) is 21.2. The van der Waals surface area contributed by atoms with E-state index in [-0.39, 0.29) is 0 Å². The van der Waals surface area contributed by atoms with Crippen LogP contribution in [-0.2, 0) is 6.42 Å². The number of hydrogen-bond acceptors (Lipinski definition) is 3. The number of nitrogens with two attached hydrogens (primary N) is 2. The minimum absolute atomic E-state index is 0.306. The second-order valence-electron chi connectivity index (χ2n) is 9.46. The largest absolute Gasteiger partial charge is 0.398 e. The van der Waals surface area contributed by atoms with Crippen molar-refractivity contribution in [2.45, 2.75) is 40.0 Å². The molecule has 1 aliphatic rings. The van der Waals surface area contributed by atoms with Gasteiger partial charge in [0.05, 0.1) is 0 Å². The molecule has 2 aromatic carbocycles. The van der Waals surface area contributed by atoms with Crippen LogP contribution in [0.3, 0.4) is 0 Å². The molecule has 29 heavy (non-hydrogen) atoms. The molecule has 1 saturated heterocycles. The molecule has 1 amide bonds. The first kappa shape index (κ1) is 21.3. The summed E-state index contributed by atoms with van der Waals surface area (Å²) in [6.45, 7) is 10.2. The molecule has 156 valence electrons. The maximum Gasteiger partial charge on any atom is 0.249 e. The smallest absolute Gasteiger partial charge is 0.249 e. The highest BCUT2D eigenvalue weighted by Gasteiger charge is 2.23. The highest BCUT2D eigenvalue weighted by atomic mass is 19.1. The molecular weight excluding hydrogens is 365 g/mol. The minimum atomic E-state index is -0.509. The van der Waals surface area contributed by atoms with E-state index >= 15 is 0 Å². The topological polar surface area (TPSA) is 72.3 Å². The average Bonchev–Trinajstić information content (AvgIpc) is 2.62. The molecule has 0 aliphatic carbocycles. The van der Waals surface area contributed by atoms with E-state index in [1.807, 2.05) is 12.1 Å². The van der Waals surface area contributed by atoms with Gasteiger partial charge in [-0.2, -0.15) is 0 Å². The van der Waals surface area contributed by atoms with Gasteiger partial charge in [-0.05, 0) is 79.1 Å². The van der Waals surface area contributed by atoms with Gasteiger partial charge in [0.25, 0.3) is 0 Å². The molecule has 2 aromatic rings. The van der Waals surface area contributed by atoms with Gasteiger partial charge in [-0.25, -0.2) is 4.39 Å². The van der Waals surface area contributed by atoms with Crippen LogP contribution in [0, 0.1) is 17.2 Å². The van der Waals surface area contributed by atoms with E-state index < -0.39 is 11.7 Å². The molecule has 4 N–H and O–H groups in total. The van der Waals surface area contributed by atoms with Gasteiger partial charge in [-0.3, -0.25) is 4.79 Å². The molecule has 5 heteroatoms. The molecule has 0 spiro atoms.